The predicted molar refractivity (Wildman–Crippen MR) is 50.1 cm³/mol. The number of nitrogens with two attached hydrogens (primary N) is 1. The molecular weight excluding hydrogens is 168 g/mol. The van der Waals surface area contributed by atoms with E-state index in [2.05, 4.69) is 0 Å². The fraction of sp³-hybridized carbons (Fsp3) is 0.889. The van der Waals surface area contributed by atoms with Gasteiger partial charge in [0.15, 0.2) is 0 Å². The monoisotopic (exact) mass is 186 g/mol. The molecule has 1 rings (SSSR count). The molecule has 1 fully saturated rings. The highest BCUT2D eigenvalue weighted by molar-refractivity contribution is 5.81. The summed E-state index contributed by atoms with van der Waals surface area (Å²) in [6, 6.07) is -0.514. The zero-order valence-corrected chi connectivity index (χ0v) is 8.45. The number of likely N-dealkylation sites (tertiary alicyclic amines) is 1. The van der Waals surface area contributed by atoms with Crippen LogP contribution in [0.3, 0.4) is 0 Å². The number of hydrogen-bond donors (Lipinski definition) is 2. The number of rotatable bonds is 1. The van der Waals surface area contributed by atoms with E-state index in [1.165, 1.54) is 0 Å². The summed E-state index contributed by atoms with van der Waals surface area (Å²) in [5.41, 5.74) is 5.12. The van der Waals surface area contributed by atoms with Gasteiger partial charge in [0.1, 0.15) is 6.04 Å². The molecule has 1 aliphatic rings. The van der Waals surface area contributed by atoms with Gasteiger partial charge in [0, 0.05) is 12.1 Å². The van der Waals surface area contributed by atoms with Crippen LogP contribution >= 0.6 is 0 Å². The van der Waals surface area contributed by atoms with Crippen LogP contribution in [0.2, 0.25) is 0 Å². The summed E-state index contributed by atoms with van der Waals surface area (Å²) in [6.45, 7) is 6.78. The van der Waals surface area contributed by atoms with Crippen LogP contribution in [0.1, 0.15) is 27.2 Å². The second-order valence-electron chi connectivity index (χ2n) is 4.57. The molecule has 0 aromatic carbocycles. The van der Waals surface area contributed by atoms with E-state index in [0.717, 1.165) is 6.54 Å². The number of hydrogen-bond acceptors (Lipinski definition) is 3. The number of primary amides is 1. The van der Waals surface area contributed by atoms with Crippen LogP contribution in [-0.2, 0) is 4.79 Å². The van der Waals surface area contributed by atoms with Gasteiger partial charge in [0.25, 0.3) is 0 Å². The van der Waals surface area contributed by atoms with Crippen LogP contribution < -0.4 is 5.73 Å². The van der Waals surface area contributed by atoms with Crippen LogP contribution in [0.5, 0.6) is 0 Å². The molecule has 0 radical (unpaired) electrons. The maximum atomic E-state index is 11.1. The van der Waals surface area contributed by atoms with Crippen molar-refractivity contribution >= 4 is 5.91 Å². The lowest BCUT2D eigenvalue weighted by Crippen LogP contribution is -2.53. The minimum atomic E-state index is -0.600. The van der Waals surface area contributed by atoms with E-state index < -0.39 is 18.1 Å². The molecule has 1 heterocycles. The molecule has 4 heteroatoms. The van der Waals surface area contributed by atoms with Gasteiger partial charge >= 0.3 is 0 Å². The average molecular weight is 186 g/mol. The fourth-order valence-electron chi connectivity index (χ4n) is 1.87. The first-order chi connectivity index (χ1) is 5.84. The van der Waals surface area contributed by atoms with Crippen molar-refractivity contribution in [1.82, 2.24) is 4.90 Å². The van der Waals surface area contributed by atoms with Crippen molar-refractivity contribution < 1.29 is 9.90 Å². The summed E-state index contributed by atoms with van der Waals surface area (Å²) in [5, 5.41) is 9.55. The van der Waals surface area contributed by atoms with E-state index in [1.807, 2.05) is 25.7 Å². The Morgan fingerprint density at radius 1 is 1.54 bits per heavy atom. The number of aliphatic hydroxyl groups excluding tert-OH is 1. The standard InChI is InChI=1S/C9H18N2O2/c1-9(2,3)11-5-4-6(12)7(11)8(10)13/h6-7,12H,4-5H2,1-3H3,(H2,10,13)/t6-,7-/m0/s1. The highest BCUT2D eigenvalue weighted by Gasteiger charge is 2.41. The molecule has 1 saturated heterocycles. The van der Waals surface area contributed by atoms with Gasteiger partial charge < -0.3 is 10.8 Å². The number of amides is 1. The molecule has 2 atom stereocenters. The van der Waals surface area contributed by atoms with Crippen LogP contribution in [0.25, 0.3) is 0 Å². The molecule has 0 unspecified atom stereocenters. The second kappa shape index (κ2) is 3.27. The largest absolute Gasteiger partial charge is 0.391 e. The third kappa shape index (κ3) is 2.00. The Kier molecular flexibility index (Phi) is 2.63. The van der Waals surface area contributed by atoms with Crippen molar-refractivity contribution in [3.8, 4) is 0 Å². The van der Waals surface area contributed by atoms with E-state index in [1.54, 1.807) is 0 Å². The Hall–Kier alpha value is -0.610. The van der Waals surface area contributed by atoms with Crippen LogP contribution in [0.15, 0.2) is 0 Å². The van der Waals surface area contributed by atoms with Gasteiger partial charge in [-0.1, -0.05) is 0 Å². The zero-order chi connectivity index (χ0) is 10.2. The Morgan fingerprint density at radius 3 is 2.38 bits per heavy atom. The SMILES string of the molecule is CC(C)(C)N1CC[C@H](O)[C@H]1C(N)=O. The lowest BCUT2D eigenvalue weighted by atomic mass is 10.0. The first-order valence-electron chi connectivity index (χ1n) is 4.58. The molecule has 0 aromatic heterocycles. The normalized spacial score (nSPS) is 30.8. The Labute approximate surface area is 78.7 Å². The molecule has 0 saturated carbocycles. The molecule has 1 amide bonds. The lowest BCUT2D eigenvalue weighted by molar-refractivity contribution is -0.126. The summed E-state index contributed by atoms with van der Waals surface area (Å²) in [5.74, 6) is -0.431. The van der Waals surface area contributed by atoms with Crippen molar-refractivity contribution in [1.29, 1.82) is 0 Å². The van der Waals surface area contributed by atoms with Crippen molar-refractivity contribution in [2.45, 2.75) is 44.9 Å². The van der Waals surface area contributed by atoms with Crippen molar-refractivity contribution in [3.05, 3.63) is 0 Å². The van der Waals surface area contributed by atoms with Gasteiger partial charge in [-0.3, -0.25) is 9.69 Å². The quantitative estimate of drug-likeness (QED) is 0.591. The first-order valence-corrected chi connectivity index (χ1v) is 4.58. The first kappa shape index (κ1) is 10.5. The number of nitrogens with zero attached hydrogens (tertiary/aromatic N) is 1. The molecule has 4 nitrogen and oxygen atoms in total. The molecule has 0 aromatic rings. The predicted octanol–water partition coefficient (Wildman–Crippen LogP) is -0.295. The highest BCUT2D eigenvalue weighted by Crippen LogP contribution is 2.26. The van der Waals surface area contributed by atoms with E-state index in [4.69, 9.17) is 5.73 Å². The average Bonchev–Trinajstić information content (AvgIpc) is 2.28. The molecule has 76 valence electrons. The third-order valence-electron chi connectivity index (χ3n) is 2.52. The summed E-state index contributed by atoms with van der Waals surface area (Å²) in [4.78, 5) is 13.0. The Bertz CT molecular complexity index is 210. The summed E-state index contributed by atoms with van der Waals surface area (Å²) < 4.78 is 0. The summed E-state index contributed by atoms with van der Waals surface area (Å²) >= 11 is 0. The fourth-order valence-corrected chi connectivity index (χ4v) is 1.87. The maximum absolute atomic E-state index is 11.1. The topological polar surface area (TPSA) is 66.6 Å². The molecule has 0 spiro atoms. The lowest BCUT2D eigenvalue weighted by Gasteiger charge is -2.35. The van der Waals surface area contributed by atoms with E-state index >= 15 is 0 Å². The van der Waals surface area contributed by atoms with Gasteiger partial charge in [-0.05, 0) is 27.2 Å². The number of aliphatic hydroxyl groups is 1. The van der Waals surface area contributed by atoms with Crippen molar-refractivity contribution in [3.63, 3.8) is 0 Å². The van der Waals surface area contributed by atoms with Gasteiger partial charge in [-0.2, -0.15) is 0 Å². The smallest absolute Gasteiger partial charge is 0.237 e. The van der Waals surface area contributed by atoms with E-state index in [9.17, 15) is 9.90 Å². The van der Waals surface area contributed by atoms with E-state index in [0.29, 0.717) is 6.42 Å². The van der Waals surface area contributed by atoms with Gasteiger partial charge in [0.2, 0.25) is 5.91 Å². The molecule has 3 N–H and O–H groups in total. The summed E-state index contributed by atoms with van der Waals surface area (Å²) in [7, 11) is 0. The van der Waals surface area contributed by atoms with Gasteiger partial charge in [0.05, 0.1) is 6.10 Å². The highest BCUT2D eigenvalue weighted by atomic mass is 16.3. The Balaban J connectivity index is 2.82. The minimum Gasteiger partial charge on any atom is -0.391 e. The maximum Gasteiger partial charge on any atom is 0.237 e. The molecule has 13 heavy (non-hydrogen) atoms. The van der Waals surface area contributed by atoms with E-state index in [-0.39, 0.29) is 5.54 Å². The molecule has 0 bridgehead atoms. The number of carbonyl (C=O) groups is 1. The minimum absolute atomic E-state index is 0.114. The second-order valence-corrected chi connectivity index (χ2v) is 4.57. The van der Waals surface area contributed by atoms with Crippen LogP contribution in [-0.4, -0.2) is 40.1 Å². The molecule has 0 aliphatic carbocycles. The number of carbonyl (C=O) groups excluding carboxylic acids is 1. The molecular formula is C9H18N2O2. The summed E-state index contributed by atoms with van der Waals surface area (Å²) in [6.07, 6.45) is 0.0296. The zero-order valence-electron chi connectivity index (χ0n) is 8.45. The van der Waals surface area contributed by atoms with Crippen molar-refractivity contribution in [2.75, 3.05) is 6.54 Å². The van der Waals surface area contributed by atoms with Crippen LogP contribution in [0, 0.1) is 0 Å². The van der Waals surface area contributed by atoms with Crippen LogP contribution in [0.4, 0.5) is 0 Å². The van der Waals surface area contributed by atoms with Gasteiger partial charge in [-0.15, -0.1) is 0 Å². The van der Waals surface area contributed by atoms with Gasteiger partial charge in [-0.25, -0.2) is 0 Å². The Morgan fingerprint density at radius 2 is 2.08 bits per heavy atom. The third-order valence-corrected chi connectivity index (χ3v) is 2.52. The van der Waals surface area contributed by atoms with Crippen molar-refractivity contribution in [2.24, 2.45) is 5.73 Å². The molecule has 1 aliphatic heterocycles.